The van der Waals surface area contributed by atoms with Crippen molar-refractivity contribution in [2.24, 2.45) is 5.73 Å². The highest BCUT2D eigenvalue weighted by molar-refractivity contribution is 5.30. The van der Waals surface area contributed by atoms with E-state index in [1.165, 1.54) is 6.07 Å². The molecule has 0 aliphatic heterocycles. The molecule has 0 aliphatic carbocycles. The normalized spacial score (nSPS) is 12.5. The minimum atomic E-state index is -0.847. The quantitative estimate of drug-likeness (QED) is 0.904. The molecular formula is C17H19F2NO. The van der Waals surface area contributed by atoms with Gasteiger partial charge < -0.3 is 10.5 Å². The Morgan fingerprint density at radius 3 is 2.24 bits per heavy atom. The fourth-order valence-electron chi connectivity index (χ4n) is 2.10. The highest BCUT2D eigenvalue weighted by Gasteiger charge is 2.10. The zero-order valence-electron chi connectivity index (χ0n) is 12.1. The molecule has 2 N–H and O–H groups in total. The lowest BCUT2D eigenvalue weighted by atomic mass is 9.99. The van der Waals surface area contributed by atoms with Gasteiger partial charge in [-0.25, -0.2) is 8.78 Å². The fraction of sp³-hybridized carbons (Fsp3) is 0.294. The molecule has 4 heteroatoms. The maximum absolute atomic E-state index is 13.2. The van der Waals surface area contributed by atoms with Crippen LogP contribution in [0, 0.1) is 11.6 Å². The number of nitrogens with two attached hydrogens (primary N) is 1. The molecule has 0 spiro atoms. The van der Waals surface area contributed by atoms with Gasteiger partial charge in [0.05, 0.1) is 6.10 Å². The van der Waals surface area contributed by atoms with E-state index in [1.54, 1.807) is 6.07 Å². The molecule has 21 heavy (non-hydrogen) atoms. The van der Waals surface area contributed by atoms with Crippen molar-refractivity contribution in [3.63, 3.8) is 0 Å². The number of hydrogen-bond donors (Lipinski definition) is 1. The summed E-state index contributed by atoms with van der Waals surface area (Å²) in [6.45, 7) is 3.92. The van der Waals surface area contributed by atoms with E-state index < -0.39 is 11.6 Å². The Labute approximate surface area is 123 Å². The van der Waals surface area contributed by atoms with Crippen molar-refractivity contribution in [1.29, 1.82) is 0 Å². The molecule has 0 fully saturated rings. The lowest BCUT2D eigenvalue weighted by Gasteiger charge is -2.14. The van der Waals surface area contributed by atoms with Gasteiger partial charge in [0, 0.05) is 6.04 Å². The van der Waals surface area contributed by atoms with Gasteiger partial charge in [0.2, 0.25) is 0 Å². The Hall–Kier alpha value is -1.94. The van der Waals surface area contributed by atoms with E-state index in [2.05, 4.69) is 0 Å². The van der Waals surface area contributed by atoms with Crippen molar-refractivity contribution in [1.82, 2.24) is 0 Å². The van der Waals surface area contributed by atoms with Crippen molar-refractivity contribution < 1.29 is 13.5 Å². The molecule has 2 aromatic carbocycles. The number of ether oxygens (including phenoxy) is 1. The van der Waals surface area contributed by atoms with Gasteiger partial charge in [-0.05, 0) is 55.7 Å². The fourth-order valence-corrected chi connectivity index (χ4v) is 2.10. The summed E-state index contributed by atoms with van der Waals surface area (Å²) in [5, 5.41) is 0. The van der Waals surface area contributed by atoms with Gasteiger partial charge in [-0.3, -0.25) is 0 Å². The van der Waals surface area contributed by atoms with E-state index in [0.29, 0.717) is 12.0 Å². The Kier molecular flexibility index (Phi) is 4.91. The van der Waals surface area contributed by atoms with Crippen LogP contribution in [0.3, 0.4) is 0 Å². The third-order valence-electron chi connectivity index (χ3n) is 3.12. The first-order valence-corrected chi connectivity index (χ1v) is 6.92. The largest absolute Gasteiger partial charge is 0.491 e. The average molecular weight is 291 g/mol. The Bertz CT molecular complexity index is 596. The Balaban J connectivity index is 2.05. The van der Waals surface area contributed by atoms with Crippen molar-refractivity contribution in [2.75, 3.05) is 0 Å². The predicted octanol–water partition coefficient (Wildman–Crippen LogP) is 3.99. The van der Waals surface area contributed by atoms with Crippen LogP contribution in [0.4, 0.5) is 8.78 Å². The molecular weight excluding hydrogens is 272 g/mol. The average Bonchev–Trinajstić information content (AvgIpc) is 2.43. The second-order valence-electron chi connectivity index (χ2n) is 5.29. The second kappa shape index (κ2) is 6.68. The van der Waals surface area contributed by atoms with E-state index in [0.717, 1.165) is 17.4 Å². The van der Waals surface area contributed by atoms with Gasteiger partial charge in [0.25, 0.3) is 0 Å². The smallest absolute Gasteiger partial charge is 0.159 e. The minimum Gasteiger partial charge on any atom is -0.491 e. The van der Waals surface area contributed by atoms with Crippen LogP contribution in [0.5, 0.6) is 5.75 Å². The summed E-state index contributed by atoms with van der Waals surface area (Å²) in [6, 6.07) is 11.1. The maximum atomic E-state index is 13.2. The van der Waals surface area contributed by atoms with Crippen LogP contribution < -0.4 is 10.5 Å². The van der Waals surface area contributed by atoms with Crippen molar-refractivity contribution in [3.05, 3.63) is 65.2 Å². The molecule has 0 saturated carbocycles. The highest BCUT2D eigenvalue weighted by atomic mass is 19.2. The standard InChI is InChI=1S/C17H19F2NO/c1-11(2)21-14-6-4-13(5-7-14)17(20)10-12-3-8-15(18)16(19)9-12/h3-9,11,17H,10,20H2,1-2H3. The summed E-state index contributed by atoms with van der Waals surface area (Å²) in [6.07, 6.45) is 0.563. The predicted molar refractivity (Wildman–Crippen MR) is 79.2 cm³/mol. The Morgan fingerprint density at radius 1 is 1.00 bits per heavy atom. The summed E-state index contributed by atoms with van der Waals surface area (Å²) in [5.41, 5.74) is 7.71. The first kappa shape index (κ1) is 15.4. The molecule has 0 aromatic heterocycles. The lowest BCUT2D eigenvalue weighted by Crippen LogP contribution is -2.13. The number of halogens is 2. The molecule has 2 aromatic rings. The van der Waals surface area contributed by atoms with E-state index in [4.69, 9.17) is 10.5 Å². The second-order valence-corrected chi connectivity index (χ2v) is 5.29. The summed E-state index contributed by atoms with van der Waals surface area (Å²) in [7, 11) is 0. The zero-order valence-corrected chi connectivity index (χ0v) is 12.1. The van der Waals surface area contributed by atoms with Crippen LogP contribution in [-0.2, 0) is 6.42 Å². The van der Waals surface area contributed by atoms with Gasteiger partial charge in [0.15, 0.2) is 11.6 Å². The van der Waals surface area contributed by atoms with Crippen LogP contribution in [-0.4, -0.2) is 6.10 Å². The van der Waals surface area contributed by atoms with Crippen LogP contribution in [0.2, 0.25) is 0 Å². The van der Waals surface area contributed by atoms with Crippen molar-refractivity contribution in [2.45, 2.75) is 32.4 Å². The third-order valence-corrected chi connectivity index (χ3v) is 3.12. The molecule has 2 nitrogen and oxygen atoms in total. The Morgan fingerprint density at radius 2 is 1.67 bits per heavy atom. The van der Waals surface area contributed by atoms with E-state index >= 15 is 0 Å². The van der Waals surface area contributed by atoms with Gasteiger partial charge in [0.1, 0.15) is 5.75 Å². The molecule has 2 rings (SSSR count). The van der Waals surface area contributed by atoms with E-state index in [9.17, 15) is 8.78 Å². The van der Waals surface area contributed by atoms with Crippen molar-refractivity contribution in [3.8, 4) is 5.75 Å². The zero-order chi connectivity index (χ0) is 15.4. The van der Waals surface area contributed by atoms with Crippen molar-refractivity contribution >= 4 is 0 Å². The SMILES string of the molecule is CC(C)Oc1ccc(C(N)Cc2ccc(F)c(F)c2)cc1. The van der Waals surface area contributed by atoms with E-state index in [1.807, 2.05) is 38.1 Å². The van der Waals surface area contributed by atoms with Crippen LogP contribution in [0.1, 0.15) is 31.0 Å². The summed E-state index contributed by atoms with van der Waals surface area (Å²) < 4.78 is 31.6. The molecule has 0 aliphatic rings. The van der Waals surface area contributed by atoms with Crippen LogP contribution >= 0.6 is 0 Å². The van der Waals surface area contributed by atoms with Gasteiger partial charge in [-0.15, -0.1) is 0 Å². The molecule has 0 saturated heterocycles. The summed E-state index contributed by atoms with van der Waals surface area (Å²) in [4.78, 5) is 0. The lowest BCUT2D eigenvalue weighted by molar-refractivity contribution is 0.242. The first-order valence-electron chi connectivity index (χ1n) is 6.92. The van der Waals surface area contributed by atoms with Crippen LogP contribution in [0.15, 0.2) is 42.5 Å². The van der Waals surface area contributed by atoms with Gasteiger partial charge in [-0.2, -0.15) is 0 Å². The summed E-state index contributed by atoms with van der Waals surface area (Å²) in [5.74, 6) is -0.906. The molecule has 0 bridgehead atoms. The third kappa shape index (κ3) is 4.26. The van der Waals surface area contributed by atoms with Gasteiger partial charge >= 0.3 is 0 Å². The highest BCUT2D eigenvalue weighted by Crippen LogP contribution is 2.21. The van der Waals surface area contributed by atoms with Gasteiger partial charge in [-0.1, -0.05) is 18.2 Å². The molecule has 112 valence electrons. The molecule has 0 radical (unpaired) electrons. The number of hydrogen-bond acceptors (Lipinski definition) is 2. The van der Waals surface area contributed by atoms with Crippen LogP contribution in [0.25, 0.3) is 0 Å². The first-order chi connectivity index (χ1) is 9.95. The number of benzene rings is 2. The number of rotatable bonds is 5. The maximum Gasteiger partial charge on any atom is 0.159 e. The molecule has 1 atom stereocenters. The monoisotopic (exact) mass is 291 g/mol. The minimum absolute atomic E-state index is 0.117. The summed E-state index contributed by atoms with van der Waals surface area (Å²) >= 11 is 0. The van der Waals surface area contributed by atoms with E-state index in [-0.39, 0.29) is 12.1 Å². The molecule has 0 amide bonds. The molecule has 0 heterocycles. The molecule has 1 unspecified atom stereocenters. The topological polar surface area (TPSA) is 35.2 Å².